The fraction of sp³-hybridized carbons (Fsp3) is 0.857. The average Bonchev–Trinajstić information content (AvgIpc) is 1.79. The van der Waals surface area contributed by atoms with Crippen LogP contribution < -0.4 is 5.32 Å². The molecule has 0 saturated heterocycles. The van der Waals surface area contributed by atoms with E-state index in [4.69, 9.17) is 4.74 Å². The third kappa shape index (κ3) is 7.69. The molecule has 3 nitrogen and oxygen atoms in total. The summed E-state index contributed by atoms with van der Waals surface area (Å²) in [5.41, 5.74) is -0.396. The molecule has 0 saturated carbocycles. The Kier molecular flexibility index (Phi) is 4.54. The fourth-order valence-corrected chi connectivity index (χ4v) is 0.707. The topological polar surface area (TPSA) is 38.3 Å². The molecule has 0 aliphatic heterocycles. The van der Waals surface area contributed by atoms with Crippen molar-refractivity contribution < 1.29 is 9.53 Å². The van der Waals surface area contributed by atoms with Crippen LogP contribution in [0.25, 0.3) is 0 Å². The van der Waals surface area contributed by atoms with Crippen molar-refractivity contribution in [2.24, 2.45) is 0 Å². The maximum absolute atomic E-state index is 10.9. The van der Waals surface area contributed by atoms with Crippen molar-refractivity contribution >= 4 is 22.1 Å². The standard InChI is InChI=1S/C7H15NO2Se/c1-7(2,3)10-6(9)8-4-5-11/h11H,4-5H2,1-3H3,(H,8,9). The molecule has 0 aromatic carbocycles. The molecule has 66 valence electrons. The fourth-order valence-electron chi connectivity index (χ4n) is 0.472. The van der Waals surface area contributed by atoms with Gasteiger partial charge in [0, 0.05) is 0 Å². The number of nitrogens with one attached hydrogen (secondary N) is 1. The monoisotopic (exact) mass is 225 g/mol. The molecule has 0 aromatic rings. The molecule has 0 atom stereocenters. The summed E-state index contributed by atoms with van der Waals surface area (Å²) in [6, 6.07) is 0. The summed E-state index contributed by atoms with van der Waals surface area (Å²) in [6.45, 7) is 6.17. The first-order valence-electron chi connectivity index (χ1n) is 3.53. The van der Waals surface area contributed by atoms with Gasteiger partial charge in [-0.15, -0.1) is 0 Å². The molecule has 0 bridgehead atoms. The first-order chi connectivity index (χ1) is 4.95. The molecule has 0 spiro atoms. The number of ether oxygens (including phenoxy) is 1. The van der Waals surface area contributed by atoms with Crippen LogP contribution in [0.15, 0.2) is 0 Å². The van der Waals surface area contributed by atoms with Crippen LogP contribution in [0.1, 0.15) is 20.8 Å². The van der Waals surface area contributed by atoms with Gasteiger partial charge >= 0.3 is 75.2 Å². The third-order valence-electron chi connectivity index (χ3n) is 0.780. The van der Waals surface area contributed by atoms with Gasteiger partial charge in [0.2, 0.25) is 0 Å². The summed E-state index contributed by atoms with van der Waals surface area (Å²) in [4.78, 5) is 10.9. The minimum absolute atomic E-state index is 0.344. The number of hydrogen-bond donors (Lipinski definition) is 1. The van der Waals surface area contributed by atoms with Gasteiger partial charge in [-0.3, -0.25) is 0 Å². The Bertz CT molecular complexity index is 131. The van der Waals surface area contributed by atoms with E-state index in [1.807, 2.05) is 20.8 Å². The molecule has 0 aliphatic rings. The average molecular weight is 224 g/mol. The van der Waals surface area contributed by atoms with Gasteiger partial charge in [0.25, 0.3) is 0 Å². The van der Waals surface area contributed by atoms with E-state index in [0.717, 1.165) is 5.32 Å². The number of carbonyl (C=O) groups is 1. The molecule has 0 fully saturated rings. The Morgan fingerprint density at radius 2 is 2.09 bits per heavy atom. The molecule has 0 aromatic heterocycles. The number of amides is 1. The predicted molar refractivity (Wildman–Crippen MR) is 46.2 cm³/mol. The van der Waals surface area contributed by atoms with Crippen molar-refractivity contribution in [3.8, 4) is 0 Å². The Morgan fingerprint density at radius 1 is 1.55 bits per heavy atom. The van der Waals surface area contributed by atoms with Gasteiger partial charge in [-0.25, -0.2) is 0 Å². The maximum atomic E-state index is 10.9. The molecule has 0 heterocycles. The van der Waals surface area contributed by atoms with Gasteiger partial charge in [0.05, 0.1) is 0 Å². The van der Waals surface area contributed by atoms with E-state index in [9.17, 15) is 4.79 Å². The molecule has 1 amide bonds. The molecular formula is C7H15NO2Se. The molecule has 0 radical (unpaired) electrons. The first-order valence-corrected chi connectivity index (χ1v) is 4.86. The van der Waals surface area contributed by atoms with Crippen molar-refractivity contribution in [1.82, 2.24) is 5.32 Å². The molecule has 1 N–H and O–H groups in total. The minimum atomic E-state index is -0.396. The van der Waals surface area contributed by atoms with Crippen molar-refractivity contribution in [3.63, 3.8) is 0 Å². The first kappa shape index (κ1) is 10.8. The second-order valence-electron chi connectivity index (χ2n) is 3.15. The molecule has 0 rings (SSSR count). The summed E-state index contributed by atoms with van der Waals surface area (Å²) in [6.07, 6.45) is -0.344. The zero-order valence-electron chi connectivity index (χ0n) is 7.18. The van der Waals surface area contributed by atoms with Crippen LogP contribution >= 0.6 is 0 Å². The van der Waals surface area contributed by atoms with Crippen LogP contribution in [0.2, 0.25) is 5.32 Å². The quantitative estimate of drug-likeness (QED) is 0.705. The predicted octanol–water partition coefficient (Wildman–Crippen LogP) is 0.830. The van der Waals surface area contributed by atoms with Crippen LogP contribution in [-0.4, -0.2) is 34.3 Å². The van der Waals surface area contributed by atoms with Gasteiger partial charge in [-0.2, -0.15) is 0 Å². The van der Waals surface area contributed by atoms with E-state index in [0.29, 0.717) is 6.54 Å². The van der Waals surface area contributed by atoms with Gasteiger partial charge in [-0.1, -0.05) is 0 Å². The Labute approximate surface area is 75.7 Å². The van der Waals surface area contributed by atoms with Crippen LogP contribution in [0, 0.1) is 0 Å². The second kappa shape index (κ2) is 4.62. The summed E-state index contributed by atoms with van der Waals surface area (Å²) in [7, 11) is 0. The summed E-state index contributed by atoms with van der Waals surface area (Å²) in [5.74, 6) is 0. The van der Waals surface area contributed by atoms with Crippen LogP contribution in [-0.2, 0) is 4.74 Å². The van der Waals surface area contributed by atoms with E-state index in [1.165, 1.54) is 0 Å². The molecule has 11 heavy (non-hydrogen) atoms. The third-order valence-corrected chi connectivity index (χ3v) is 1.25. The normalized spacial score (nSPS) is 10.9. The molecule has 0 aliphatic carbocycles. The zero-order chi connectivity index (χ0) is 8.91. The van der Waals surface area contributed by atoms with Crippen molar-refractivity contribution in [3.05, 3.63) is 0 Å². The molecule has 4 heteroatoms. The van der Waals surface area contributed by atoms with Crippen molar-refractivity contribution in [1.29, 1.82) is 0 Å². The SMILES string of the molecule is CC(C)(C)OC(=O)NCC[SeH]. The Hall–Kier alpha value is -0.211. The number of rotatable bonds is 2. The molecule has 0 unspecified atom stereocenters. The van der Waals surface area contributed by atoms with E-state index >= 15 is 0 Å². The van der Waals surface area contributed by atoms with Crippen LogP contribution in [0.4, 0.5) is 4.79 Å². The summed E-state index contributed by atoms with van der Waals surface area (Å²) >= 11 is 2.39. The number of carbonyl (C=O) groups excluding carboxylic acids is 1. The van der Waals surface area contributed by atoms with E-state index in [-0.39, 0.29) is 6.09 Å². The summed E-state index contributed by atoms with van der Waals surface area (Å²) < 4.78 is 4.98. The van der Waals surface area contributed by atoms with E-state index in [2.05, 4.69) is 21.3 Å². The van der Waals surface area contributed by atoms with Gasteiger partial charge in [0.15, 0.2) is 0 Å². The number of hydrogen-bond acceptors (Lipinski definition) is 2. The van der Waals surface area contributed by atoms with Gasteiger partial charge in [0.1, 0.15) is 0 Å². The Morgan fingerprint density at radius 3 is 2.45 bits per heavy atom. The second-order valence-corrected chi connectivity index (χ2v) is 4.09. The zero-order valence-corrected chi connectivity index (χ0v) is 9.05. The molecular weight excluding hydrogens is 209 g/mol. The van der Waals surface area contributed by atoms with E-state index in [1.54, 1.807) is 0 Å². The van der Waals surface area contributed by atoms with Gasteiger partial charge < -0.3 is 0 Å². The number of alkyl carbamates (subject to hydrolysis) is 1. The van der Waals surface area contributed by atoms with Crippen molar-refractivity contribution in [2.45, 2.75) is 31.7 Å². The Balaban J connectivity index is 3.53. The van der Waals surface area contributed by atoms with E-state index < -0.39 is 5.60 Å². The summed E-state index contributed by atoms with van der Waals surface area (Å²) in [5, 5.41) is 3.48. The van der Waals surface area contributed by atoms with Crippen molar-refractivity contribution in [2.75, 3.05) is 6.54 Å². The van der Waals surface area contributed by atoms with Gasteiger partial charge in [-0.05, 0) is 0 Å². The van der Waals surface area contributed by atoms with Crippen LogP contribution in [0.3, 0.4) is 0 Å². The van der Waals surface area contributed by atoms with Crippen LogP contribution in [0.5, 0.6) is 0 Å².